The Kier molecular flexibility index (Phi) is 5.38. The van der Waals surface area contributed by atoms with Crippen molar-refractivity contribution in [1.82, 2.24) is 15.1 Å². The first-order valence-electron chi connectivity index (χ1n) is 6.71. The molecule has 3 unspecified atom stereocenters. The Morgan fingerprint density at radius 1 is 1.70 bits per heavy atom. The van der Waals surface area contributed by atoms with Gasteiger partial charge < -0.3 is 10.4 Å². The minimum absolute atomic E-state index is 0.0524. The molecule has 1 aromatic rings. The maximum atomic E-state index is 10.5. The molecule has 0 bridgehead atoms. The summed E-state index contributed by atoms with van der Waals surface area (Å²) in [4.78, 5) is 10.1. The molecule has 3 atom stereocenters. The van der Waals surface area contributed by atoms with Crippen molar-refractivity contribution in [3.8, 4) is 0 Å². The molecule has 2 N–H and O–H groups in total. The second-order valence-corrected chi connectivity index (χ2v) is 6.13. The normalized spacial score (nSPS) is 23.9. The molecule has 1 saturated carbocycles. The van der Waals surface area contributed by atoms with Gasteiger partial charge in [0.15, 0.2) is 0 Å². The summed E-state index contributed by atoms with van der Waals surface area (Å²) in [6.07, 6.45) is 7.64. The van der Waals surface area contributed by atoms with Crippen molar-refractivity contribution in [3.05, 3.63) is 22.5 Å². The maximum absolute atomic E-state index is 10.5. The Balaban J connectivity index is 1.77. The van der Waals surface area contributed by atoms with Crippen LogP contribution in [0.4, 0.5) is 5.69 Å². The number of rotatable bonds is 7. The third kappa shape index (κ3) is 3.94. The van der Waals surface area contributed by atoms with E-state index in [1.54, 1.807) is 0 Å². The SMILES string of the molecule is CSC1CCCC1NCC(O)Cn1cc([N+](=O)[O-])cn1. The molecule has 20 heavy (non-hydrogen) atoms. The second-order valence-electron chi connectivity index (χ2n) is 5.05. The van der Waals surface area contributed by atoms with E-state index in [1.807, 2.05) is 11.8 Å². The van der Waals surface area contributed by atoms with E-state index in [-0.39, 0.29) is 12.2 Å². The molecule has 2 rings (SSSR count). The Hall–Kier alpha value is -1.12. The molecule has 0 amide bonds. The lowest BCUT2D eigenvalue weighted by atomic mass is 10.2. The van der Waals surface area contributed by atoms with Gasteiger partial charge in [-0.15, -0.1) is 0 Å². The van der Waals surface area contributed by atoms with Gasteiger partial charge in [0.1, 0.15) is 12.4 Å². The standard InChI is InChI=1S/C12H20N4O3S/c1-20-12-4-2-3-11(12)13-6-10(17)8-15-7-9(5-14-15)16(18)19/h5,7,10-13,17H,2-4,6,8H2,1H3. The molecule has 1 aliphatic rings. The zero-order chi connectivity index (χ0) is 14.5. The van der Waals surface area contributed by atoms with Crippen LogP contribution in [0.2, 0.25) is 0 Å². The van der Waals surface area contributed by atoms with Gasteiger partial charge in [0.25, 0.3) is 0 Å². The van der Waals surface area contributed by atoms with E-state index in [9.17, 15) is 15.2 Å². The molecular formula is C12H20N4O3S. The molecule has 0 saturated heterocycles. The smallest absolute Gasteiger partial charge is 0.306 e. The number of hydrogen-bond donors (Lipinski definition) is 2. The second kappa shape index (κ2) is 7.05. The van der Waals surface area contributed by atoms with Gasteiger partial charge in [0, 0.05) is 17.8 Å². The van der Waals surface area contributed by atoms with Crippen LogP contribution in [0.15, 0.2) is 12.4 Å². The average molecular weight is 300 g/mol. The summed E-state index contributed by atoms with van der Waals surface area (Å²) in [5, 5.41) is 28.4. The van der Waals surface area contributed by atoms with Crippen LogP contribution in [0.1, 0.15) is 19.3 Å². The predicted octanol–water partition coefficient (Wildman–Crippen LogP) is 1.03. The highest BCUT2D eigenvalue weighted by Crippen LogP contribution is 2.28. The van der Waals surface area contributed by atoms with E-state index >= 15 is 0 Å². The Bertz CT molecular complexity index is 454. The van der Waals surface area contributed by atoms with E-state index in [0.29, 0.717) is 17.8 Å². The molecule has 1 aliphatic carbocycles. The fourth-order valence-corrected chi connectivity index (χ4v) is 3.52. The van der Waals surface area contributed by atoms with E-state index in [4.69, 9.17) is 0 Å². The van der Waals surface area contributed by atoms with Gasteiger partial charge in [-0.05, 0) is 19.1 Å². The minimum atomic E-state index is -0.599. The highest BCUT2D eigenvalue weighted by Gasteiger charge is 2.26. The Morgan fingerprint density at radius 3 is 3.15 bits per heavy atom. The summed E-state index contributed by atoms with van der Waals surface area (Å²) in [7, 11) is 0. The first-order valence-corrected chi connectivity index (χ1v) is 8.00. The fourth-order valence-electron chi connectivity index (χ4n) is 2.56. The molecule has 8 heteroatoms. The lowest BCUT2D eigenvalue weighted by Crippen LogP contribution is -2.40. The number of nitro groups is 1. The lowest BCUT2D eigenvalue weighted by molar-refractivity contribution is -0.385. The largest absolute Gasteiger partial charge is 0.390 e. The van der Waals surface area contributed by atoms with Gasteiger partial charge in [-0.2, -0.15) is 16.9 Å². The molecule has 1 aromatic heterocycles. The Labute approximate surface area is 121 Å². The molecule has 0 aromatic carbocycles. The van der Waals surface area contributed by atoms with Crippen LogP contribution in [0, 0.1) is 10.1 Å². The van der Waals surface area contributed by atoms with Gasteiger partial charge in [0.2, 0.25) is 0 Å². The predicted molar refractivity (Wildman–Crippen MR) is 77.8 cm³/mol. The van der Waals surface area contributed by atoms with E-state index in [0.717, 1.165) is 6.42 Å². The van der Waals surface area contributed by atoms with Crippen LogP contribution in [-0.2, 0) is 6.54 Å². The average Bonchev–Trinajstić information content (AvgIpc) is 3.04. The highest BCUT2D eigenvalue weighted by atomic mass is 32.2. The number of aliphatic hydroxyl groups excluding tert-OH is 1. The van der Waals surface area contributed by atoms with Gasteiger partial charge in [-0.25, -0.2) is 0 Å². The molecule has 0 spiro atoms. The first-order chi connectivity index (χ1) is 9.60. The molecule has 1 heterocycles. The summed E-state index contributed by atoms with van der Waals surface area (Å²) < 4.78 is 1.41. The van der Waals surface area contributed by atoms with Crippen molar-refractivity contribution in [1.29, 1.82) is 0 Å². The summed E-state index contributed by atoms with van der Waals surface area (Å²) in [5.41, 5.74) is -0.0524. The number of hydrogen-bond acceptors (Lipinski definition) is 6. The molecule has 0 radical (unpaired) electrons. The monoisotopic (exact) mass is 300 g/mol. The van der Waals surface area contributed by atoms with Crippen molar-refractivity contribution in [2.45, 2.75) is 43.2 Å². The van der Waals surface area contributed by atoms with E-state index < -0.39 is 11.0 Å². The van der Waals surface area contributed by atoms with Crippen LogP contribution in [0.25, 0.3) is 0 Å². The molecule has 7 nitrogen and oxygen atoms in total. The zero-order valence-corrected chi connectivity index (χ0v) is 12.3. The topological polar surface area (TPSA) is 93.2 Å². The van der Waals surface area contributed by atoms with E-state index in [1.165, 1.54) is 29.9 Å². The van der Waals surface area contributed by atoms with Crippen LogP contribution >= 0.6 is 11.8 Å². The number of thioether (sulfide) groups is 1. The van der Waals surface area contributed by atoms with Crippen molar-refractivity contribution in [3.63, 3.8) is 0 Å². The number of nitrogens with one attached hydrogen (secondary N) is 1. The van der Waals surface area contributed by atoms with Gasteiger partial charge in [0.05, 0.1) is 17.6 Å². The van der Waals surface area contributed by atoms with Crippen molar-refractivity contribution in [2.75, 3.05) is 12.8 Å². The van der Waals surface area contributed by atoms with E-state index in [2.05, 4.69) is 16.7 Å². The van der Waals surface area contributed by atoms with Gasteiger partial charge in [-0.1, -0.05) is 6.42 Å². The fraction of sp³-hybridized carbons (Fsp3) is 0.750. The molecular weight excluding hydrogens is 280 g/mol. The van der Waals surface area contributed by atoms with Crippen molar-refractivity contribution >= 4 is 17.4 Å². The number of aliphatic hydroxyl groups is 1. The first kappa shape index (κ1) is 15.3. The van der Waals surface area contributed by atoms with Gasteiger partial charge in [-0.3, -0.25) is 14.8 Å². The zero-order valence-electron chi connectivity index (χ0n) is 11.4. The lowest BCUT2D eigenvalue weighted by Gasteiger charge is -2.21. The Morgan fingerprint density at radius 2 is 2.50 bits per heavy atom. The third-order valence-corrected chi connectivity index (χ3v) is 4.77. The van der Waals surface area contributed by atoms with Crippen molar-refractivity contribution in [2.24, 2.45) is 0 Å². The molecule has 0 aliphatic heterocycles. The van der Waals surface area contributed by atoms with Crippen molar-refractivity contribution < 1.29 is 10.0 Å². The summed E-state index contributed by atoms with van der Waals surface area (Å²) in [6.45, 7) is 0.743. The summed E-state index contributed by atoms with van der Waals surface area (Å²) >= 11 is 1.87. The minimum Gasteiger partial charge on any atom is -0.390 e. The molecule has 1 fully saturated rings. The van der Waals surface area contributed by atoms with Crippen LogP contribution in [-0.4, -0.2) is 50.0 Å². The van der Waals surface area contributed by atoms with Gasteiger partial charge >= 0.3 is 5.69 Å². The quantitative estimate of drug-likeness (QED) is 0.577. The highest BCUT2D eigenvalue weighted by molar-refractivity contribution is 7.99. The van der Waals surface area contributed by atoms with Crippen LogP contribution in [0.5, 0.6) is 0 Å². The summed E-state index contributed by atoms with van der Waals surface area (Å²) in [5.74, 6) is 0. The number of nitrogens with zero attached hydrogens (tertiary/aromatic N) is 3. The maximum Gasteiger partial charge on any atom is 0.306 e. The van der Waals surface area contributed by atoms with Crippen LogP contribution < -0.4 is 5.32 Å². The number of aromatic nitrogens is 2. The third-order valence-electron chi connectivity index (χ3n) is 3.60. The molecule has 112 valence electrons. The van der Waals surface area contributed by atoms with Crippen LogP contribution in [0.3, 0.4) is 0 Å². The summed E-state index contributed by atoms with van der Waals surface area (Å²) in [6, 6.07) is 0.451.